The second-order valence-corrected chi connectivity index (χ2v) is 5.79. The molecular weight excluding hydrogens is 262 g/mol. The first-order valence-electron chi connectivity index (χ1n) is 8.12. The van der Waals surface area contributed by atoms with E-state index in [2.05, 4.69) is 35.8 Å². The van der Waals surface area contributed by atoms with Crippen molar-refractivity contribution in [1.82, 2.24) is 9.80 Å². The van der Waals surface area contributed by atoms with Crippen molar-refractivity contribution in [3.8, 4) is 0 Å². The van der Waals surface area contributed by atoms with E-state index in [1.165, 1.54) is 5.56 Å². The van der Waals surface area contributed by atoms with Crippen LogP contribution < -0.4 is 5.73 Å². The van der Waals surface area contributed by atoms with Gasteiger partial charge < -0.3 is 15.4 Å². The van der Waals surface area contributed by atoms with Gasteiger partial charge in [-0.15, -0.1) is 0 Å². The zero-order chi connectivity index (χ0) is 15.1. The molecule has 4 nitrogen and oxygen atoms in total. The van der Waals surface area contributed by atoms with Crippen molar-refractivity contribution in [3.63, 3.8) is 0 Å². The Labute approximate surface area is 128 Å². The number of ether oxygens (including phenoxy) is 1. The largest absolute Gasteiger partial charge is 0.399 e. The molecule has 0 spiro atoms. The number of nitrogens with zero attached hydrogens (tertiary/aromatic N) is 2. The van der Waals surface area contributed by atoms with Crippen molar-refractivity contribution >= 4 is 5.69 Å². The molecule has 21 heavy (non-hydrogen) atoms. The SMILES string of the molecule is CCN(CC)CCOC1CCN(Cc2cccc(N)c2)C1. The van der Waals surface area contributed by atoms with Crippen LogP contribution in [0.15, 0.2) is 24.3 Å². The molecule has 0 bridgehead atoms. The third-order valence-corrected chi connectivity index (χ3v) is 4.24. The summed E-state index contributed by atoms with van der Waals surface area (Å²) in [6.45, 7) is 11.6. The Bertz CT molecular complexity index is 420. The molecule has 118 valence electrons. The van der Waals surface area contributed by atoms with Gasteiger partial charge in [0.25, 0.3) is 0 Å². The van der Waals surface area contributed by atoms with Crippen molar-refractivity contribution in [2.45, 2.75) is 32.9 Å². The summed E-state index contributed by atoms with van der Waals surface area (Å²) < 4.78 is 6.02. The van der Waals surface area contributed by atoms with E-state index < -0.39 is 0 Å². The first-order valence-corrected chi connectivity index (χ1v) is 8.12. The summed E-state index contributed by atoms with van der Waals surface area (Å²) in [5, 5.41) is 0. The van der Waals surface area contributed by atoms with Gasteiger partial charge in [0.15, 0.2) is 0 Å². The minimum atomic E-state index is 0.390. The third kappa shape index (κ3) is 5.30. The molecule has 1 aromatic carbocycles. The molecule has 0 radical (unpaired) electrons. The van der Waals surface area contributed by atoms with Crippen LogP contribution in [0.4, 0.5) is 5.69 Å². The molecular formula is C17H29N3O. The number of hydrogen-bond acceptors (Lipinski definition) is 4. The van der Waals surface area contributed by atoms with Crippen molar-refractivity contribution in [2.75, 3.05) is 45.1 Å². The van der Waals surface area contributed by atoms with Crippen molar-refractivity contribution in [3.05, 3.63) is 29.8 Å². The molecule has 0 amide bonds. The first kappa shape index (κ1) is 16.3. The molecule has 2 rings (SSSR count). The van der Waals surface area contributed by atoms with Gasteiger partial charge in [-0.1, -0.05) is 26.0 Å². The van der Waals surface area contributed by atoms with Gasteiger partial charge >= 0.3 is 0 Å². The second kappa shape index (κ2) is 8.37. The van der Waals surface area contributed by atoms with Crippen LogP contribution in [-0.4, -0.2) is 55.2 Å². The molecule has 2 N–H and O–H groups in total. The van der Waals surface area contributed by atoms with Crippen molar-refractivity contribution < 1.29 is 4.74 Å². The lowest BCUT2D eigenvalue weighted by Crippen LogP contribution is -2.29. The Morgan fingerprint density at radius 2 is 2.14 bits per heavy atom. The number of nitrogen functional groups attached to an aromatic ring is 1. The van der Waals surface area contributed by atoms with Gasteiger partial charge in [-0.05, 0) is 37.2 Å². The van der Waals surface area contributed by atoms with Crippen LogP contribution in [0.3, 0.4) is 0 Å². The van der Waals surface area contributed by atoms with Gasteiger partial charge in [-0.3, -0.25) is 4.90 Å². The summed E-state index contributed by atoms with van der Waals surface area (Å²) in [7, 11) is 0. The molecule has 1 aliphatic rings. The van der Waals surface area contributed by atoms with Gasteiger partial charge in [0.2, 0.25) is 0 Å². The van der Waals surface area contributed by atoms with Gasteiger partial charge in [0, 0.05) is 31.9 Å². The lowest BCUT2D eigenvalue weighted by atomic mass is 10.2. The Kier molecular flexibility index (Phi) is 6.49. The fourth-order valence-electron chi connectivity index (χ4n) is 2.91. The molecule has 1 fully saturated rings. The smallest absolute Gasteiger partial charge is 0.0714 e. The van der Waals surface area contributed by atoms with Crippen molar-refractivity contribution in [1.29, 1.82) is 0 Å². The summed E-state index contributed by atoms with van der Waals surface area (Å²) in [6, 6.07) is 8.17. The lowest BCUT2D eigenvalue weighted by molar-refractivity contribution is 0.0439. The maximum atomic E-state index is 6.02. The minimum absolute atomic E-state index is 0.390. The number of likely N-dealkylation sites (N-methyl/N-ethyl adjacent to an activating group) is 1. The topological polar surface area (TPSA) is 41.7 Å². The second-order valence-electron chi connectivity index (χ2n) is 5.79. The molecule has 0 saturated carbocycles. The Balaban J connectivity index is 1.69. The van der Waals surface area contributed by atoms with Crippen LogP contribution in [0.2, 0.25) is 0 Å². The minimum Gasteiger partial charge on any atom is -0.399 e. The van der Waals surface area contributed by atoms with E-state index in [0.717, 1.165) is 58.0 Å². The van der Waals surface area contributed by atoms with E-state index in [0.29, 0.717) is 6.10 Å². The van der Waals surface area contributed by atoms with E-state index in [1.807, 2.05) is 12.1 Å². The quantitative estimate of drug-likeness (QED) is 0.746. The normalized spacial score (nSPS) is 19.5. The van der Waals surface area contributed by atoms with Gasteiger partial charge in [0.05, 0.1) is 12.7 Å². The average Bonchev–Trinajstić information content (AvgIpc) is 2.91. The molecule has 1 atom stereocenters. The highest BCUT2D eigenvalue weighted by Gasteiger charge is 2.22. The third-order valence-electron chi connectivity index (χ3n) is 4.24. The monoisotopic (exact) mass is 291 g/mol. The molecule has 1 unspecified atom stereocenters. The summed E-state index contributed by atoms with van der Waals surface area (Å²) >= 11 is 0. The fraction of sp³-hybridized carbons (Fsp3) is 0.647. The number of rotatable bonds is 8. The average molecular weight is 291 g/mol. The van der Waals surface area contributed by atoms with E-state index in [4.69, 9.17) is 10.5 Å². The Hall–Kier alpha value is -1.10. The van der Waals surface area contributed by atoms with Crippen LogP contribution in [0.1, 0.15) is 25.8 Å². The number of anilines is 1. The summed E-state index contributed by atoms with van der Waals surface area (Å²) in [5.74, 6) is 0. The van der Waals surface area contributed by atoms with E-state index in [9.17, 15) is 0 Å². The van der Waals surface area contributed by atoms with Crippen LogP contribution in [0.25, 0.3) is 0 Å². The van der Waals surface area contributed by atoms with Crippen LogP contribution in [0, 0.1) is 0 Å². The summed E-state index contributed by atoms with van der Waals surface area (Å²) in [6.07, 6.45) is 1.53. The first-order chi connectivity index (χ1) is 10.2. The molecule has 1 heterocycles. The highest BCUT2D eigenvalue weighted by Crippen LogP contribution is 2.17. The van der Waals surface area contributed by atoms with Crippen molar-refractivity contribution in [2.24, 2.45) is 0 Å². The maximum absolute atomic E-state index is 6.02. The zero-order valence-electron chi connectivity index (χ0n) is 13.4. The predicted octanol–water partition coefficient (Wildman–Crippen LogP) is 2.20. The standard InChI is InChI=1S/C17H29N3O/c1-3-19(4-2)10-11-21-17-8-9-20(14-17)13-15-6-5-7-16(18)12-15/h5-7,12,17H,3-4,8-11,13-14,18H2,1-2H3. The molecule has 0 aliphatic carbocycles. The molecule has 1 saturated heterocycles. The molecule has 1 aromatic rings. The highest BCUT2D eigenvalue weighted by molar-refractivity contribution is 5.40. The highest BCUT2D eigenvalue weighted by atomic mass is 16.5. The van der Waals surface area contributed by atoms with Crippen LogP contribution in [0.5, 0.6) is 0 Å². The van der Waals surface area contributed by atoms with Crippen LogP contribution >= 0.6 is 0 Å². The zero-order valence-corrected chi connectivity index (χ0v) is 13.4. The number of benzene rings is 1. The van der Waals surface area contributed by atoms with Gasteiger partial charge in [0.1, 0.15) is 0 Å². The Morgan fingerprint density at radius 3 is 2.86 bits per heavy atom. The summed E-state index contributed by atoms with van der Waals surface area (Å²) in [4.78, 5) is 4.86. The lowest BCUT2D eigenvalue weighted by Gasteiger charge is -2.20. The van der Waals surface area contributed by atoms with E-state index in [1.54, 1.807) is 0 Å². The number of nitrogens with two attached hydrogens (primary N) is 1. The molecule has 4 heteroatoms. The number of likely N-dealkylation sites (tertiary alicyclic amines) is 1. The van der Waals surface area contributed by atoms with E-state index in [-0.39, 0.29) is 0 Å². The Morgan fingerprint density at radius 1 is 1.33 bits per heavy atom. The number of hydrogen-bond donors (Lipinski definition) is 1. The van der Waals surface area contributed by atoms with E-state index >= 15 is 0 Å². The van der Waals surface area contributed by atoms with Gasteiger partial charge in [-0.2, -0.15) is 0 Å². The fourth-order valence-corrected chi connectivity index (χ4v) is 2.91. The predicted molar refractivity (Wildman–Crippen MR) is 88.3 cm³/mol. The van der Waals surface area contributed by atoms with Gasteiger partial charge in [-0.25, -0.2) is 0 Å². The van der Waals surface area contributed by atoms with Crippen LogP contribution in [-0.2, 0) is 11.3 Å². The molecule has 0 aromatic heterocycles. The summed E-state index contributed by atoms with van der Waals surface area (Å²) in [5.41, 5.74) is 7.97. The maximum Gasteiger partial charge on any atom is 0.0714 e. The molecule has 1 aliphatic heterocycles.